The molecule has 0 heterocycles. The number of para-hydroxylation sites is 1. The number of hydrogen-bond donors (Lipinski definition) is 0. The molecule has 2 rings (SSSR count). The summed E-state index contributed by atoms with van der Waals surface area (Å²) in [6.07, 6.45) is 1.41. The Morgan fingerprint density at radius 1 is 1.14 bits per heavy atom. The van der Waals surface area contributed by atoms with Crippen LogP contribution in [0.1, 0.15) is 26.3 Å². The summed E-state index contributed by atoms with van der Waals surface area (Å²) in [5.41, 5.74) is 0.538. The van der Waals surface area contributed by atoms with E-state index in [0.29, 0.717) is 11.3 Å². The highest BCUT2D eigenvalue weighted by molar-refractivity contribution is 7.85. The molecule has 0 fully saturated rings. The minimum absolute atomic E-state index is 0.139. The number of nitrogens with zero attached hydrogens (tertiary/aromatic N) is 1. The molecule has 0 bridgehead atoms. The van der Waals surface area contributed by atoms with E-state index in [1.54, 1.807) is 18.2 Å². The van der Waals surface area contributed by atoms with Gasteiger partial charge in [-0.1, -0.05) is 18.2 Å². The largest absolute Gasteiger partial charge is 0.454 e. The van der Waals surface area contributed by atoms with Gasteiger partial charge < -0.3 is 4.74 Å². The van der Waals surface area contributed by atoms with Crippen molar-refractivity contribution in [2.45, 2.75) is 25.5 Å². The molecule has 2 aromatic rings. The fourth-order valence-corrected chi connectivity index (χ4v) is 2.10. The second-order valence-corrected chi connectivity index (χ2v) is 7.63. The first-order valence-corrected chi connectivity index (χ1v) is 7.95. The molecule has 0 spiro atoms. The lowest BCUT2D eigenvalue weighted by Crippen LogP contribution is -2.19. The van der Waals surface area contributed by atoms with Crippen LogP contribution in [0.3, 0.4) is 0 Å². The van der Waals surface area contributed by atoms with E-state index >= 15 is 0 Å². The molecule has 0 saturated heterocycles. The molecule has 0 unspecified atom stereocenters. The van der Waals surface area contributed by atoms with Crippen LogP contribution in [0, 0.1) is 5.82 Å². The van der Waals surface area contributed by atoms with E-state index in [0.717, 1.165) is 0 Å². The number of hydrogen-bond acceptors (Lipinski definition) is 2. The summed E-state index contributed by atoms with van der Waals surface area (Å²) in [6, 6.07) is 13.5. The van der Waals surface area contributed by atoms with E-state index in [1.807, 2.05) is 39.0 Å². The van der Waals surface area contributed by atoms with Crippen molar-refractivity contribution in [3.05, 3.63) is 59.9 Å². The molecule has 0 aliphatic rings. The first kappa shape index (κ1) is 16.4. The highest BCUT2D eigenvalue weighted by Gasteiger charge is 2.18. The summed E-state index contributed by atoms with van der Waals surface area (Å²) >= 11 is 0. The topological polar surface area (TPSA) is 38.7 Å². The number of benzene rings is 2. The van der Waals surface area contributed by atoms with Crippen LogP contribution >= 0.6 is 0 Å². The molecule has 0 amide bonds. The molecule has 2 aromatic carbocycles. The van der Waals surface area contributed by atoms with Gasteiger partial charge in [0.15, 0.2) is 11.6 Å². The maximum atomic E-state index is 14.0. The van der Waals surface area contributed by atoms with Crippen LogP contribution < -0.4 is 4.74 Å². The van der Waals surface area contributed by atoms with Crippen molar-refractivity contribution in [1.82, 2.24) is 0 Å². The highest BCUT2D eigenvalue weighted by Crippen LogP contribution is 2.24. The van der Waals surface area contributed by atoms with Gasteiger partial charge in [0, 0.05) is 6.21 Å². The number of rotatable bonds is 4. The fourth-order valence-electron chi connectivity index (χ4n) is 1.56. The number of ether oxygens (including phenoxy) is 1. The smallest absolute Gasteiger partial charge is 0.166 e. The molecular formula is C17H18FNO2S. The number of halogens is 1. The standard InChI is InChI=1S/C17H18FNO2S/c1-17(2,3)22(20)19-12-13-9-10-16(15(18)11-13)21-14-7-5-4-6-8-14/h4-12H,1-3H3/t22-/m1/s1. The lowest BCUT2D eigenvalue weighted by molar-refractivity contribution is 0.442. The van der Waals surface area contributed by atoms with Crippen molar-refractivity contribution in [1.29, 1.82) is 0 Å². The minimum Gasteiger partial charge on any atom is -0.454 e. The van der Waals surface area contributed by atoms with E-state index in [1.165, 1.54) is 18.3 Å². The van der Waals surface area contributed by atoms with Gasteiger partial charge in [0.25, 0.3) is 0 Å². The second-order valence-electron chi connectivity index (χ2n) is 5.70. The van der Waals surface area contributed by atoms with Gasteiger partial charge in [-0.25, -0.2) is 8.60 Å². The molecule has 0 aliphatic heterocycles. The molecule has 0 aliphatic carbocycles. The van der Waals surface area contributed by atoms with Crippen LogP contribution in [0.5, 0.6) is 11.5 Å². The van der Waals surface area contributed by atoms with Crippen LogP contribution in [0.4, 0.5) is 4.39 Å². The third-order valence-electron chi connectivity index (χ3n) is 2.75. The molecule has 22 heavy (non-hydrogen) atoms. The van der Waals surface area contributed by atoms with Gasteiger partial charge in [-0.2, -0.15) is 4.40 Å². The Balaban J connectivity index is 2.13. The highest BCUT2D eigenvalue weighted by atomic mass is 32.2. The quantitative estimate of drug-likeness (QED) is 0.778. The molecule has 5 heteroatoms. The third kappa shape index (κ3) is 4.49. The fraction of sp³-hybridized carbons (Fsp3) is 0.235. The van der Waals surface area contributed by atoms with Crippen molar-refractivity contribution in [3.63, 3.8) is 0 Å². The van der Waals surface area contributed by atoms with Crippen LogP contribution in [-0.4, -0.2) is 15.2 Å². The van der Waals surface area contributed by atoms with Gasteiger partial charge in [0.1, 0.15) is 16.7 Å². The van der Waals surface area contributed by atoms with Gasteiger partial charge in [0.05, 0.1) is 4.75 Å². The first-order valence-electron chi connectivity index (χ1n) is 6.85. The van der Waals surface area contributed by atoms with Crippen molar-refractivity contribution < 1.29 is 13.3 Å². The van der Waals surface area contributed by atoms with Crippen LogP contribution in [-0.2, 0) is 11.0 Å². The first-order chi connectivity index (χ1) is 10.4. The Morgan fingerprint density at radius 3 is 2.41 bits per heavy atom. The summed E-state index contributed by atoms with van der Waals surface area (Å²) in [6.45, 7) is 5.49. The summed E-state index contributed by atoms with van der Waals surface area (Å²) in [4.78, 5) is 0. The van der Waals surface area contributed by atoms with Gasteiger partial charge in [-0.3, -0.25) is 0 Å². The van der Waals surface area contributed by atoms with E-state index in [4.69, 9.17) is 4.74 Å². The maximum absolute atomic E-state index is 14.0. The predicted molar refractivity (Wildman–Crippen MR) is 88.4 cm³/mol. The van der Waals surface area contributed by atoms with Crippen LogP contribution in [0.15, 0.2) is 52.9 Å². The SMILES string of the molecule is CC(C)(C)[S@@](=O)N=Cc1ccc(Oc2ccccc2)c(F)c1. The van der Waals surface area contributed by atoms with E-state index in [2.05, 4.69) is 4.40 Å². The zero-order valence-electron chi connectivity index (χ0n) is 12.7. The van der Waals surface area contributed by atoms with E-state index in [9.17, 15) is 8.60 Å². The molecule has 0 N–H and O–H groups in total. The molecule has 1 atom stereocenters. The van der Waals surface area contributed by atoms with Crippen molar-refractivity contribution >= 4 is 17.2 Å². The summed E-state index contributed by atoms with van der Waals surface area (Å²) < 4.78 is 34.8. The maximum Gasteiger partial charge on any atom is 0.166 e. The van der Waals surface area contributed by atoms with Crippen LogP contribution in [0.2, 0.25) is 0 Å². The zero-order valence-corrected chi connectivity index (χ0v) is 13.6. The Bertz CT molecular complexity index is 694. The van der Waals surface area contributed by atoms with Crippen molar-refractivity contribution in [3.8, 4) is 11.5 Å². The van der Waals surface area contributed by atoms with Gasteiger partial charge in [-0.05, 0) is 56.7 Å². The van der Waals surface area contributed by atoms with E-state index < -0.39 is 21.5 Å². The Labute approximate surface area is 132 Å². The van der Waals surface area contributed by atoms with Gasteiger partial charge in [-0.15, -0.1) is 0 Å². The van der Waals surface area contributed by atoms with Crippen molar-refractivity contribution in [2.24, 2.45) is 4.40 Å². The Kier molecular flexibility index (Phi) is 5.08. The monoisotopic (exact) mass is 319 g/mol. The van der Waals surface area contributed by atoms with Crippen LogP contribution in [0.25, 0.3) is 0 Å². The molecular weight excluding hydrogens is 301 g/mol. The zero-order chi connectivity index (χ0) is 16.2. The van der Waals surface area contributed by atoms with Crippen molar-refractivity contribution in [2.75, 3.05) is 0 Å². The van der Waals surface area contributed by atoms with Gasteiger partial charge >= 0.3 is 0 Å². The third-order valence-corrected chi connectivity index (χ3v) is 4.09. The molecule has 0 saturated carbocycles. The average molecular weight is 319 g/mol. The predicted octanol–water partition coefficient (Wildman–Crippen LogP) is 4.50. The van der Waals surface area contributed by atoms with E-state index in [-0.39, 0.29) is 5.75 Å². The summed E-state index contributed by atoms with van der Waals surface area (Å²) in [5.74, 6) is 0.214. The summed E-state index contributed by atoms with van der Waals surface area (Å²) in [5, 5.41) is 0. The minimum atomic E-state index is -1.37. The average Bonchev–Trinajstić information content (AvgIpc) is 2.47. The molecule has 3 nitrogen and oxygen atoms in total. The Hall–Kier alpha value is -2.01. The normalized spacial score (nSPS) is 13.3. The summed E-state index contributed by atoms with van der Waals surface area (Å²) in [7, 11) is -1.37. The lowest BCUT2D eigenvalue weighted by Gasteiger charge is -2.12. The molecule has 116 valence electrons. The molecule has 0 radical (unpaired) electrons. The molecule has 0 aromatic heterocycles. The lowest BCUT2D eigenvalue weighted by atomic mass is 10.2. The Morgan fingerprint density at radius 2 is 1.82 bits per heavy atom. The second kappa shape index (κ2) is 6.83. The van der Waals surface area contributed by atoms with Gasteiger partial charge in [0.2, 0.25) is 0 Å².